The molecule has 0 N–H and O–H groups in total. The van der Waals surface area contributed by atoms with Crippen molar-refractivity contribution in [2.24, 2.45) is 0 Å². The van der Waals surface area contributed by atoms with Gasteiger partial charge in [0.25, 0.3) is 0 Å². The second-order valence-corrected chi connectivity index (χ2v) is 12.3. The van der Waals surface area contributed by atoms with Crippen LogP contribution >= 0.6 is 0 Å². The lowest BCUT2D eigenvalue weighted by molar-refractivity contribution is 1.11. The molecule has 0 saturated heterocycles. The van der Waals surface area contributed by atoms with Gasteiger partial charge in [-0.3, -0.25) is 14.0 Å². The van der Waals surface area contributed by atoms with Gasteiger partial charge in [-0.15, -0.1) is 0 Å². The molecular weight excluding hydrogens is 573 g/mol. The van der Waals surface area contributed by atoms with Crippen LogP contribution in [0.5, 0.6) is 0 Å². The molecule has 1 aliphatic carbocycles. The molecule has 47 heavy (non-hydrogen) atoms. The number of hydrogen-bond donors (Lipinski definition) is 0. The third-order valence-corrected chi connectivity index (χ3v) is 9.66. The molecule has 0 aliphatic heterocycles. The molecule has 3 heterocycles. The van der Waals surface area contributed by atoms with Crippen molar-refractivity contribution in [2.75, 3.05) is 0 Å². The minimum Gasteiger partial charge on any atom is -0.278 e. The van der Waals surface area contributed by atoms with Gasteiger partial charge in [-0.25, -0.2) is 4.98 Å². The molecule has 0 amide bonds. The quantitative estimate of drug-likeness (QED) is 0.202. The largest absolute Gasteiger partial charge is 0.278 e. The SMILES string of the molecule is c1ccc2c(c1)-c1ccccc1-c1ccc(-n3c4ccccc4n4c5cccc(Cc6ccncc6)c5nc34)cc1-c1ccccc1-2. The highest BCUT2D eigenvalue weighted by Gasteiger charge is 2.24. The molecular formula is C43H28N4. The van der Waals surface area contributed by atoms with E-state index in [1.165, 1.54) is 55.6 Å². The van der Waals surface area contributed by atoms with Crippen LogP contribution in [0, 0.1) is 0 Å². The molecule has 6 aromatic carbocycles. The van der Waals surface area contributed by atoms with Crippen LogP contribution in [0.2, 0.25) is 0 Å². The fourth-order valence-corrected chi connectivity index (χ4v) is 7.59. The van der Waals surface area contributed by atoms with Gasteiger partial charge in [-0.1, -0.05) is 103 Å². The van der Waals surface area contributed by atoms with E-state index >= 15 is 0 Å². The number of rotatable bonds is 3. The number of imidazole rings is 2. The average molecular weight is 601 g/mol. The van der Waals surface area contributed by atoms with Crippen molar-refractivity contribution >= 4 is 27.8 Å². The maximum Gasteiger partial charge on any atom is 0.220 e. The first-order valence-corrected chi connectivity index (χ1v) is 16.0. The third-order valence-electron chi connectivity index (χ3n) is 9.66. The molecule has 0 fully saturated rings. The number of para-hydroxylation sites is 3. The summed E-state index contributed by atoms with van der Waals surface area (Å²) in [6.07, 6.45) is 4.51. The highest BCUT2D eigenvalue weighted by Crippen LogP contribution is 2.48. The zero-order valence-electron chi connectivity index (χ0n) is 25.5. The van der Waals surface area contributed by atoms with Crippen molar-refractivity contribution in [1.82, 2.24) is 18.9 Å². The highest BCUT2D eigenvalue weighted by molar-refractivity contribution is 6.03. The summed E-state index contributed by atoms with van der Waals surface area (Å²) in [5, 5.41) is 0. The number of benzene rings is 6. The Kier molecular flexibility index (Phi) is 5.60. The van der Waals surface area contributed by atoms with Gasteiger partial charge in [0.15, 0.2) is 0 Å². The van der Waals surface area contributed by atoms with Gasteiger partial charge in [0.05, 0.1) is 22.1 Å². The summed E-state index contributed by atoms with van der Waals surface area (Å²) in [7, 11) is 0. The molecule has 0 atom stereocenters. The van der Waals surface area contributed by atoms with Crippen molar-refractivity contribution in [3.63, 3.8) is 0 Å². The van der Waals surface area contributed by atoms with Crippen molar-refractivity contribution in [3.8, 4) is 50.2 Å². The molecule has 4 heteroatoms. The molecule has 0 bridgehead atoms. The van der Waals surface area contributed by atoms with Crippen molar-refractivity contribution < 1.29 is 0 Å². The summed E-state index contributed by atoms with van der Waals surface area (Å²) >= 11 is 0. The lowest BCUT2D eigenvalue weighted by Gasteiger charge is -2.23. The zero-order valence-corrected chi connectivity index (χ0v) is 25.5. The van der Waals surface area contributed by atoms with Gasteiger partial charge in [-0.05, 0) is 105 Å². The maximum atomic E-state index is 5.39. The number of aromatic nitrogens is 4. The Morgan fingerprint density at radius 3 is 1.62 bits per heavy atom. The first-order chi connectivity index (χ1) is 23.3. The molecule has 4 nitrogen and oxygen atoms in total. The van der Waals surface area contributed by atoms with Gasteiger partial charge in [0, 0.05) is 18.1 Å². The van der Waals surface area contributed by atoms with E-state index in [0.717, 1.165) is 40.0 Å². The summed E-state index contributed by atoms with van der Waals surface area (Å²) in [6.45, 7) is 0. The minimum absolute atomic E-state index is 0.800. The smallest absolute Gasteiger partial charge is 0.220 e. The van der Waals surface area contributed by atoms with E-state index in [-0.39, 0.29) is 0 Å². The van der Waals surface area contributed by atoms with Crippen molar-refractivity contribution in [2.45, 2.75) is 6.42 Å². The average Bonchev–Trinajstić information content (AvgIpc) is 3.67. The van der Waals surface area contributed by atoms with Crippen LogP contribution in [0.25, 0.3) is 78.0 Å². The standard InChI is InChI=1S/C43H28N4/c1-2-12-32-31(11-1)33-13-3-4-15-35(33)37-21-20-30(27-38(37)36-16-6-5-14-34(32)36)46-39-17-7-8-18-40(39)47-41-19-9-10-29(42(41)45-43(46)47)26-28-22-24-44-25-23-28/h1-25,27H,26H2. The van der Waals surface area contributed by atoms with E-state index in [0.29, 0.717) is 0 Å². The Bertz CT molecular complexity index is 2650. The van der Waals surface area contributed by atoms with E-state index in [1.807, 2.05) is 12.4 Å². The Morgan fingerprint density at radius 2 is 0.979 bits per heavy atom. The molecule has 1 aliphatic rings. The van der Waals surface area contributed by atoms with E-state index in [2.05, 4.69) is 160 Å². The number of hydrogen-bond acceptors (Lipinski definition) is 2. The van der Waals surface area contributed by atoms with Crippen LogP contribution in [0.1, 0.15) is 11.1 Å². The number of nitrogens with zero attached hydrogens (tertiary/aromatic N) is 4. The van der Waals surface area contributed by atoms with E-state index in [4.69, 9.17) is 4.98 Å². The monoisotopic (exact) mass is 600 g/mol. The van der Waals surface area contributed by atoms with Gasteiger partial charge in [0.1, 0.15) is 0 Å². The Morgan fingerprint density at radius 1 is 0.447 bits per heavy atom. The van der Waals surface area contributed by atoms with Crippen molar-refractivity contribution in [3.05, 3.63) is 169 Å². The predicted octanol–water partition coefficient (Wildman–Crippen LogP) is 10.4. The van der Waals surface area contributed by atoms with Crippen LogP contribution in [0.4, 0.5) is 0 Å². The third kappa shape index (κ3) is 3.88. The van der Waals surface area contributed by atoms with Crippen LogP contribution in [-0.2, 0) is 6.42 Å². The second kappa shape index (κ2) is 10.1. The summed E-state index contributed by atoms with van der Waals surface area (Å²) in [5.41, 5.74) is 17.8. The molecule has 0 saturated carbocycles. The van der Waals surface area contributed by atoms with Gasteiger partial charge < -0.3 is 0 Å². The highest BCUT2D eigenvalue weighted by atomic mass is 15.2. The van der Waals surface area contributed by atoms with Crippen LogP contribution in [0.3, 0.4) is 0 Å². The lowest BCUT2D eigenvalue weighted by Crippen LogP contribution is -2.00. The Labute approximate surface area is 271 Å². The second-order valence-electron chi connectivity index (χ2n) is 12.3. The fraction of sp³-hybridized carbons (Fsp3) is 0.0233. The molecule has 0 spiro atoms. The van der Waals surface area contributed by atoms with E-state index in [1.54, 1.807) is 0 Å². The number of fused-ring (bicyclic) bond motifs is 13. The van der Waals surface area contributed by atoms with Gasteiger partial charge >= 0.3 is 0 Å². The van der Waals surface area contributed by atoms with Crippen LogP contribution < -0.4 is 0 Å². The number of pyridine rings is 1. The maximum absolute atomic E-state index is 5.39. The first kappa shape index (κ1) is 26.0. The normalized spacial score (nSPS) is 11.9. The molecule has 3 aromatic heterocycles. The Hall–Kier alpha value is -6.26. The van der Waals surface area contributed by atoms with Gasteiger partial charge in [-0.2, -0.15) is 0 Å². The van der Waals surface area contributed by atoms with Crippen LogP contribution in [-0.4, -0.2) is 18.9 Å². The molecule has 10 rings (SSSR count). The molecule has 0 unspecified atom stereocenters. The lowest BCUT2D eigenvalue weighted by atomic mass is 9.81. The van der Waals surface area contributed by atoms with Gasteiger partial charge in [0.2, 0.25) is 5.78 Å². The molecule has 9 aromatic rings. The summed E-state index contributed by atoms with van der Waals surface area (Å²) in [5.74, 6) is 0.910. The summed E-state index contributed by atoms with van der Waals surface area (Å²) in [4.78, 5) is 9.60. The van der Waals surface area contributed by atoms with Crippen molar-refractivity contribution in [1.29, 1.82) is 0 Å². The summed E-state index contributed by atoms with van der Waals surface area (Å²) in [6, 6.07) is 52.7. The fourth-order valence-electron chi connectivity index (χ4n) is 7.59. The topological polar surface area (TPSA) is 35.1 Å². The minimum atomic E-state index is 0.800. The predicted molar refractivity (Wildman–Crippen MR) is 192 cm³/mol. The first-order valence-electron chi connectivity index (χ1n) is 16.0. The molecule has 0 radical (unpaired) electrons. The Balaban J connectivity index is 1.26. The molecule has 220 valence electrons. The zero-order chi connectivity index (χ0) is 30.9. The van der Waals surface area contributed by atoms with E-state index < -0.39 is 0 Å². The summed E-state index contributed by atoms with van der Waals surface area (Å²) < 4.78 is 4.64. The van der Waals surface area contributed by atoms with E-state index in [9.17, 15) is 0 Å². The van der Waals surface area contributed by atoms with Crippen LogP contribution in [0.15, 0.2) is 158 Å².